The van der Waals surface area contributed by atoms with Crippen molar-refractivity contribution in [2.24, 2.45) is 5.73 Å². The fourth-order valence-electron chi connectivity index (χ4n) is 1.44. The van der Waals surface area contributed by atoms with Gasteiger partial charge in [0.2, 0.25) is 5.91 Å². The molecule has 0 saturated heterocycles. The molecule has 3 nitrogen and oxygen atoms in total. The SMILES string of the molecule is CC(NC(=O)CCCN)c1ccc(F)c(Cl)c1. The summed E-state index contributed by atoms with van der Waals surface area (Å²) >= 11 is 5.67. The van der Waals surface area contributed by atoms with E-state index in [2.05, 4.69) is 5.32 Å². The monoisotopic (exact) mass is 258 g/mol. The van der Waals surface area contributed by atoms with Crippen LogP contribution in [0.15, 0.2) is 18.2 Å². The third-order valence-electron chi connectivity index (χ3n) is 2.43. The summed E-state index contributed by atoms with van der Waals surface area (Å²) in [5.74, 6) is -0.527. The van der Waals surface area contributed by atoms with Crippen LogP contribution in [0, 0.1) is 5.82 Å². The summed E-state index contributed by atoms with van der Waals surface area (Å²) in [5, 5.41) is 2.86. The van der Waals surface area contributed by atoms with Crippen LogP contribution >= 0.6 is 11.6 Å². The molecule has 5 heteroatoms. The molecule has 0 fully saturated rings. The van der Waals surface area contributed by atoms with Gasteiger partial charge in [0.25, 0.3) is 0 Å². The molecule has 1 aromatic carbocycles. The molecule has 1 unspecified atom stereocenters. The first kappa shape index (κ1) is 13.9. The van der Waals surface area contributed by atoms with Crippen molar-refractivity contribution in [2.45, 2.75) is 25.8 Å². The molecule has 0 bridgehead atoms. The van der Waals surface area contributed by atoms with Crippen LogP contribution in [-0.4, -0.2) is 12.5 Å². The minimum absolute atomic E-state index is 0.0607. The standard InChI is InChI=1S/C12H16ClFN2O/c1-8(16-12(17)3-2-6-15)9-4-5-11(14)10(13)7-9/h4-5,7-8H,2-3,6,15H2,1H3,(H,16,17). The lowest BCUT2D eigenvalue weighted by atomic mass is 10.1. The van der Waals surface area contributed by atoms with Crippen molar-refractivity contribution < 1.29 is 9.18 Å². The van der Waals surface area contributed by atoms with Crippen LogP contribution in [0.3, 0.4) is 0 Å². The number of carbonyl (C=O) groups is 1. The molecule has 0 aromatic heterocycles. The molecule has 1 atom stereocenters. The van der Waals surface area contributed by atoms with Crippen LogP contribution in [0.4, 0.5) is 4.39 Å². The molecule has 0 aliphatic carbocycles. The van der Waals surface area contributed by atoms with E-state index in [-0.39, 0.29) is 17.0 Å². The number of amides is 1. The molecule has 0 radical (unpaired) electrons. The maximum absolute atomic E-state index is 13.0. The van der Waals surface area contributed by atoms with E-state index in [9.17, 15) is 9.18 Å². The van der Waals surface area contributed by atoms with Gasteiger partial charge in [-0.3, -0.25) is 4.79 Å². The average Bonchev–Trinajstić information content (AvgIpc) is 2.30. The van der Waals surface area contributed by atoms with E-state index < -0.39 is 5.82 Å². The van der Waals surface area contributed by atoms with Crippen LogP contribution in [0.5, 0.6) is 0 Å². The quantitative estimate of drug-likeness (QED) is 0.852. The molecule has 94 valence electrons. The highest BCUT2D eigenvalue weighted by atomic mass is 35.5. The van der Waals surface area contributed by atoms with E-state index in [4.69, 9.17) is 17.3 Å². The summed E-state index contributed by atoms with van der Waals surface area (Å²) in [7, 11) is 0. The first-order valence-electron chi connectivity index (χ1n) is 5.49. The normalized spacial score (nSPS) is 12.2. The minimum atomic E-state index is -0.461. The smallest absolute Gasteiger partial charge is 0.220 e. The Bertz CT molecular complexity index is 398. The second kappa shape index (κ2) is 6.57. The van der Waals surface area contributed by atoms with Crippen LogP contribution in [0.25, 0.3) is 0 Å². The zero-order valence-electron chi connectivity index (χ0n) is 9.67. The van der Waals surface area contributed by atoms with Crippen LogP contribution in [0.2, 0.25) is 5.02 Å². The van der Waals surface area contributed by atoms with Crippen molar-refractivity contribution >= 4 is 17.5 Å². The molecule has 0 aliphatic rings. The molecule has 1 aromatic rings. The average molecular weight is 259 g/mol. The molecule has 17 heavy (non-hydrogen) atoms. The third kappa shape index (κ3) is 4.32. The second-order valence-electron chi connectivity index (χ2n) is 3.85. The van der Waals surface area contributed by atoms with Gasteiger partial charge >= 0.3 is 0 Å². The van der Waals surface area contributed by atoms with Gasteiger partial charge in [-0.25, -0.2) is 4.39 Å². The number of halogens is 2. The molecule has 1 rings (SSSR count). The summed E-state index contributed by atoms with van der Waals surface area (Å²) < 4.78 is 13.0. The van der Waals surface area contributed by atoms with Gasteiger partial charge in [-0.1, -0.05) is 17.7 Å². The van der Waals surface area contributed by atoms with E-state index in [1.165, 1.54) is 12.1 Å². The molecule has 3 N–H and O–H groups in total. The lowest BCUT2D eigenvalue weighted by molar-refractivity contribution is -0.121. The first-order valence-corrected chi connectivity index (χ1v) is 5.86. The fourth-order valence-corrected chi connectivity index (χ4v) is 1.63. The van der Waals surface area contributed by atoms with Crippen molar-refractivity contribution in [1.29, 1.82) is 0 Å². The number of carbonyl (C=O) groups excluding carboxylic acids is 1. The zero-order chi connectivity index (χ0) is 12.8. The van der Waals surface area contributed by atoms with Crippen molar-refractivity contribution in [3.8, 4) is 0 Å². The number of nitrogens with two attached hydrogens (primary N) is 1. The zero-order valence-corrected chi connectivity index (χ0v) is 10.4. The van der Waals surface area contributed by atoms with Gasteiger partial charge in [0, 0.05) is 6.42 Å². The second-order valence-corrected chi connectivity index (χ2v) is 4.26. The van der Waals surface area contributed by atoms with Gasteiger partial charge in [0.1, 0.15) is 5.82 Å². The molecular weight excluding hydrogens is 243 g/mol. The maximum Gasteiger partial charge on any atom is 0.220 e. The van der Waals surface area contributed by atoms with Gasteiger partial charge < -0.3 is 11.1 Å². The maximum atomic E-state index is 13.0. The van der Waals surface area contributed by atoms with E-state index in [1.54, 1.807) is 6.07 Å². The van der Waals surface area contributed by atoms with Gasteiger partial charge in [-0.2, -0.15) is 0 Å². The predicted molar refractivity (Wildman–Crippen MR) is 66.3 cm³/mol. The summed E-state index contributed by atoms with van der Waals surface area (Å²) in [6.45, 7) is 2.31. The van der Waals surface area contributed by atoms with E-state index >= 15 is 0 Å². The Morgan fingerprint density at radius 2 is 2.29 bits per heavy atom. The largest absolute Gasteiger partial charge is 0.350 e. The van der Waals surface area contributed by atoms with Crippen LogP contribution < -0.4 is 11.1 Å². The molecular formula is C12H16ClFN2O. The van der Waals surface area contributed by atoms with E-state index in [0.717, 1.165) is 5.56 Å². The number of hydrogen-bond acceptors (Lipinski definition) is 2. The Labute approximate surface area is 105 Å². The number of benzene rings is 1. The van der Waals surface area contributed by atoms with Gasteiger partial charge in [-0.15, -0.1) is 0 Å². The highest BCUT2D eigenvalue weighted by molar-refractivity contribution is 6.30. The molecule has 0 aliphatic heterocycles. The Morgan fingerprint density at radius 1 is 1.59 bits per heavy atom. The summed E-state index contributed by atoms with van der Waals surface area (Å²) in [6.07, 6.45) is 1.05. The number of nitrogens with one attached hydrogen (secondary N) is 1. The first-order chi connectivity index (χ1) is 8.04. The Balaban J connectivity index is 2.60. The number of rotatable bonds is 5. The summed E-state index contributed by atoms with van der Waals surface area (Å²) in [4.78, 5) is 11.5. The lowest BCUT2D eigenvalue weighted by Crippen LogP contribution is -2.26. The Hall–Kier alpha value is -1.13. The van der Waals surface area contributed by atoms with Crippen molar-refractivity contribution in [2.75, 3.05) is 6.54 Å². The molecule has 1 amide bonds. The van der Waals surface area contributed by atoms with E-state index in [0.29, 0.717) is 19.4 Å². The predicted octanol–water partition coefficient (Wildman–Crippen LogP) is 2.40. The van der Waals surface area contributed by atoms with Gasteiger partial charge in [0.05, 0.1) is 11.1 Å². The molecule has 0 heterocycles. The van der Waals surface area contributed by atoms with Crippen LogP contribution in [-0.2, 0) is 4.79 Å². The summed E-state index contributed by atoms with van der Waals surface area (Å²) in [6, 6.07) is 4.22. The lowest BCUT2D eigenvalue weighted by Gasteiger charge is -2.14. The highest BCUT2D eigenvalue weighted by Gasteiger charge is 2.10. The Morgan fingerprint density at radius 3 is 2.88 bits per heavy atom. The van der Waals surface area contributed by atoms with Gasteiger partial charge in [-0.05, 0) is 37.6 Å². The molecule has 0 spiro atoms. The van der Waals surface area contributed by atoms with Crippen molar-refractivity contribution in [1.82, 2.24) is 5.32 Å². The molecule has 0 saturated carbocycles. The minimum Gasteiger partial charge on any atom is -0.350 e. The van der Waals surface area contributed by atoms with Crippen molar-refractivity contribution in [3.05, 3.63) is 34.6 Å². The fraction of sp³-hybridized carbons (Fsp3) is 0.417. The third-order valence-corrected chi connectivity index (χ3v) is 2.72. The Kier molecular flexibility index (Phi) is 5.38. The topological polar surface area (TPSA) is 55.1 Å². The number of hydrogen-bond donors (Lipinski definition) is 2. The van der Waals surface area contributed by atoms with Gasteiger partial charge in [0.15, 0.2) is 0 Å². The highest BCUT2D eigenvalue weighted by Crippen LogP contribution is 2.20. The summed E-state index contributed by atoms with van der Waals surface area (Å²) in [5.41, 5.74) is 6.09. The van der Waals surface area contributed by atoms with Crippen molar-refractivity contribution in [3.63, 3.8) is 0 Å². The van der Waals surface area contributed by atoms with E-state index in [1.807, 2.05) is 6.92 Å². The van der Waals surface area contributed by atoms with Crippen LogP contribution in [0.1, 0.15) is 31.4 Å².